The summed E-state index contributed by atoms with van der Waals surface area (Å²) in [5.41, 5.74) is 0.445. The number of ether oxygens (including phenoxy) is 2. The first-order chi connectivity index (χ1) is 8.18. The van der Waals surface area contributed by atoms with Gasteiger partial charge in [-0.2, -0.15) is 0 Å². The van der Waals surface area contributed by atoms with Gasteiger partial charge in [0, 0.05) is 11.0 Å². The van der Waals surface area contributed by atoms with Crippen LogP contribution in [0.2, 0.25) is 0 Å². The van der Waals surface area contributed by atoms with Crippen molar-refractivity contribution in [1.82, 2.24) is 0 Å². The maximum atomic E-state index is 13.7. The number of nitrogens with two attached hydrogens (primary N) is 1. The van der Waals surface area contributed by atoms with Gasteiger partial charge in [-0.15, -0.1) is 0 Å². The van der Waals surface area contributed by atoms with E-state index < -0.39 is 5.82 Å². The largest absolute Gasteiger partial charge is 0.496 e. The van der Waals surface area contributed by atoms with E-state index in [2.05, 4.69) is 0 Å². The van der Waals surface area contributed by atoms with Crippen LogP contribution in [0, 0.1) is 5.82 Å². The van der Waals surface area contributed by atoms with Gasteiger partial charge in [0.05, 0.1) is 20.8 Å². The highest BCUT2D eigenvalue weighted by Gasteiger charge is 2.49. The van der Waals surface area contributed by atoms with Crippen molar-refractivity contribution in [3.63, 3.8) is 0 Å². The fourth-order valence-corrected chi connectivity index (χ4v) is 2.19. The van der Waals surface area contributed by atoms with Gasteiger partial charge in [0.25, 0.3) is 0 Å². The summed E-state index contributed by atoms with van der Waals surface area (Å²) in [6.45, 7) is 0.336. The number of halogens is 1. The average Bonchev–Trinajstić information content (AvgIpc) is 3.10. The third-order valence-electron chi connectivity index (χ3n) is 3.24. The first-order valence-corrected chi connectivity index (χ1v) is 5.41. The number of rotatable bonds is 5. The van der Waals surface area contributed by atoms with Crippen molar-refractivity contribution in [3.05, 3.63) is 23.5 Å². The van der Waals surface area contributed by atoms with Gasteiger partial charge < -0.3 is 14.3 Å². The maximum absolute atomic E-state index is 13.7. The smallest absolute Gasteiger partial charge is 0.165 e. The van der Waals surface area contributed by atoms with E-state index >= 15 is 0 Å². The molecule has 0 aromatic heterocycles. The summed E-state index contributed by atoms with van der Waals surface area (Å²) in [4.78, 5) is 4.73. The zero-order chi connectivity index (χ0) is 12.5. The average molecular weight is 241 g/mol. The van der Waals surface area contributed by atoms with E-state index in [1.54, 1.807) is 13.2 Å². The van der Waals surface area contributed by atoms with Crippen LogP contribution in [-0.4, -0.2) is 20.8 Å². The van der Waals surface area contributed by atoms with E-state index in [1.807, 2.05) is 0 Å². The topological polar surface area (TPSA) is 53.7 Å². The van der Waals surface area contributed by atoms with E-state index in [0.717, 1.165) is 12.8 Å². The Morgan fingerprint density at radius 1 is 1.29 bits per heavy atom. The van der Waals surface area contributed by atoms with Crippen molar-refractivity contribution >= 4 is 0 Å². The van der Waals surface area contributed by atoms with Gasteiger partial charge in [0.2, 0.25) is 0 Å². The Morgan fingerprint density at radius 2 is 2.00 bits per heavy atom. The number of benzene rings is 1. The maximum Gasteiger partial charge on any atom is 0.165 e. The Bertz CT molecular complexity index is 418. The van der Waals surface area contributed by atoms with Crippen molar-refractivity contribution in [1.29, 1.82) is 0 Å². The second-order valence-corrected chi connectivity index (χ2v) is 4.25. The predicted molar refractivity (Wildman–Crippen MR) is 60.6 cm³/mol. The highest BCUT2D eigenvalue weighted by molar-refractivity contribution is 5.53. The molecule has 1 saturated carbocycles. The molecule has 0 heterocycles. The van der Waals surface area contributed by atoms with Crippen LogP contribution in [0.3, 0.4) is 0 Å². The monoisotopic (exact) mass is 241 g/mol. The van der Waals surface area contributed by atoms with Gasteiger partial charge in [0.1, 0.15) is 5.75 Å². The Labute approximate surface area is 99.4 Å². The zero-order valence-electron chi connectivity index (χ0n) is 9.96. The first-order valence-electron chi connectivity index (χ1n) is 5.41. The Morgan fingerprint density at radius 3 is 2.47 bits per heavy atom. The molecule has 5 heteroatoms. The van der Waals surface area contributed by atoms with Crippen LogP contribution in [-0.2, 0) is 10.3 Å². The van der Waals surface area contributed by atoms with Crippen LogP contribution < -0.4 is 15.4 Å². The summed E-state index contributed by atoms with van der Waals surface area (Å²) in [5, 5.41) is 0. The lowest BCUT2D eigenvalue weighted by Crippen LogP contribution is -2.20. The van der Waals surface area contributed by atoms with Crippen LogP contribution in [0.5, 0.6) is 11.5 Å². The van der Waals surface area contributed by atoms with E-state index in [4.69, 9.17) is 20.2 Å². The number of hydrogen-bond acceptors (Lipinski definition) is 4. The number of methoxy groups -OCH3 is 2. The quantitative estimate of drug-likeness (QED) is 0.798. The minimum absolute atomic E-state index is 0.221. The molecule has 1 aliphatic rings. The van der Waals surface area contributed by atoms with E-state index in [9.17, 15) is 4.39 Å². The Kier molecular flexibility index (Phi) is 3.22. The summed E-state index contributed by atoms with van der Waals surface area (Å²) < 4.78 is 24.1. The van der Waals surface area contributed by atoms with Gasteiger partial charge in [-0.1, -0.05) is 0 Å². The van der Waals surface area contributed by atoms with Crippen molar-refractivity contribution in [2.24, 2.45) is 5.90 Å². The van der Waals surface area contributed by atoms with Crippen LogP contribution in [0.1, 0.15) is 18.4 Å². The zero-order valence-corrected chi connectivity index (χ0v) is 9.96. The molecule has 17 heavy (non-hydrogen) atoms. The van der Waals surface area contributed by atoms with Gasteiger partial charge in [-0.05, 0) is 25.0 Å². The van der Waals surface area contributed by atoms with Gasteiger partial charge in [0.15, 0.2) is 11.6 Å². The van der Waals surface area contributed by atoms with Crippen LogP contribution in [0.25, 0.3) is 0 Å². The number of hydrogen-bond donors (Lipinski definition) is 1. The molecule has 0 atom stereocenters. The molecule has 0 saturated heterocycles. The third-order valence-corrected chi connectivity index (χ3v) is 3.24. The van der Waals surface area contributed by atoms with Crippen LogP contribution in [0.4, 0.5) is 4.39 Å². The molecule has 1 aliphatic carbocycles. The van der Waals surface area contributed by atoms with Crippen molar-refractivity contribution in [2.75, 3.05) is 20.8 Å². The molecule has 0 spiro atoms. The lowest BCUT2D eigenvalue weighted by molar-refractivity contribution is 0.114. The normalized spacial score (nSPS) is 16.7. The highest BCUT2D eigenvalue weighted by Crippen LogP contribution is 2.55. The summed E-state index contributed by atoms with van der Waals surface area (Å²) in [6.07, 6.45) is 1.78. The molecule has 0 amide bonds. The predicted octanol–water partition coefficient (Wildman–Crippen LogP) is 1.76. The standard InChI is InChI=1S/C12H16FNO3/c1-15-9-4-3-8(13)11(16-2)10(9)12(5-6-12)7-17-14/h3-4H,5-7,14H2,1-2H3. The van der Waals surface area contributed by atoms with Crippen molar-refractivity contribution in [2.45, 2.75) is 18.3 Å². The van der Waals surface area contributed by atoms with Crippen LogP contribution in [0.15, 0.2) is 12.1 Å². The lowest BCUT2D eigenvalue weighted by atomic mass is 9.94. The molecule has 94 valence electrons. The minimum atomic E-state index is -0.397. The Balaban J connectivity index is 2.53. The molecule has 0 bridgehead atoms. The summed E-state index contributed by atoms with van der Waals surface area (Å²) >= 11 is 0. The molecule has 0 radical (unpaired) electrons. The molecular weight excluding hydrogens is 225 g/mol. The van der Waals surface area contributed by atoms with E-state index in [-0.39, 0.29) is 11.2 Å². The second kappa shape index (κ2) is 4.50. The molecule has 2 rings (SSSR count). The molecule has 0 aliphatic heterocycles. The fraction of sp³-hybridized carbons (Fsp3) is 0.500. The second-order valence-electron chi connectivity index (χ2n) is 4.25. The molecule has 1 fully saturated rings. The lowest BCUT2D eigenvalue weighted by Gasteiger charge is -2.21. The minimum Gasteiger partial charge on any atom is -0.496 e. The fourth-order valence-electron chi connectivity index (χ4n) is 2.19. The van der Waals surface area contributed by atoms with Crippen LogP contribution >= 0.6 is 0 Å². The molecule has 1 aromatic carbocycles. The van der Waals surface area contributed by atoms with Crippen molar-refractivity contribution < 1.29 is 18.7 Å². The summed E-state index contributed by atoms with van der Waals surface area (Å²) in [7, 11) is 3.00. The highest BCUT2D eigenvalue weighted by atomic mass is 19.1. The summed E-state index contributed by atoms with van der Waals surface area (Å²) in [6, 6.07) is 2.93. The van der Waals surface area contributed by atoms with E-state index in [0.29, 0.717) is 17.9 Å². The Hall–Kier alpha value is -1.33. The molecular formula is C12H16FNO3. The molecule has 2 N–H and O–H groups in total. The van der Waals surface area contributed by atoms with Gasteiger partial charge in [-0.3, -0.25) is 0 Å². The SMILES string of the molecule is COc1ccc(F)c(OC)c1C1(CON)CC1. The van der Waals surface area contributed by atoms with E-state index in [1.165, 1.54) is 13.2 Å². The molecule has 1 aromatic rings. The third kappa shape index (κ3) is 1.96. The van der Waals surface area contributed by atoms with Gasteiger partial charge in [-0.25, -0.2) is 10.3 Å². The summed E-state index contributed by atoms with van der Waals surface area (Å²) in [5.74, 6) is 5.57. The van der Waals surface area contributed by atoms with Gasteiger partial charge >= 0.3 is 0 Å². The first kappa shape index (κ1) is 12.1. The van der Waals surface area contributed by atoms with Crippen molar-refractivity contribution in [3.8, 4) is 11.5 Å². The molecule has 0 unspecified atom stereocenters. The molecule has 4 nitrogen and oxygen atoms in total.